The molecule has 0 aliphatic heterocycles. The Hall–Kier alpha value is -1.56. The van der Waals surface area contributed by atoms with E-state index in [1.54, 1.807) is 18.5 Å². The Morgan fingerprint density at radius 3 is 2.63 bits per heavy atom. The topological polar surface area (TPSA) is 24.9 Å². The van der Waals surface area contributed by atoms with E-state index < -0.39 is 11.7 Å². The van der Waals surface area contributed by atoms with Crippen LogP contribution in [-0.2, 0) is 12.7 Å². The first kappa shape index (κ1) is 13.9. The summed E-state index contributed by atoms with van der Waals surface area (Å²) in [6.07, 6.45) is -1.04. The van der Waals surface area contributed by atoms with Crippen LogP contribution in [0.2, 0.25) is 0 Å². The highest BCUT2D eigenvalue weighted by Crippen LogP contribution is 2.34. The van der Waals surface area contributed by atoms with Crippen LogP contribution < -0.4 is 5.32 Å². The highest BCUT2D eigenvalue weighted by atomic mass is 79.9. The second-order valence-electron chi connectivity index (χ2n) is 3.91. The Balaban J connectivity index is 2.16. The van der Waals surface area contributed by atoms with E-state index in [1.807, 2.05) is 6.07 Å². The SMILES string of the molecule is FC(F)(F)c1ccc(Br)c(NCc2cccnc2)c1. The molecular weight excluding hydrogens is 321 g/mol. The van der Waals surface area contributed by atoms with Crippen LogP contribution in [0.3, 0.4) is 0 Å². The zero-order valence-corrected chi connectivity index (χ0v) is 11.3. The first-order valence-electron chi connectivity index (χ1n) is 5.46. The van der Waals surface area contributed by atoms with Crippen LogP contribution >= 0.6 is 15.9 Å². The number of pyridine rings is 1. The lowest BCUT2D eigenvalue weighted by molar-refractivity contribution is -0.137. The van der Waals surface area contributed by atoms with E-state index in [4.69, 9.17) is 0 Å². The summed E-state index contributed by atoms with van der Waals surface area (Å²) < 4.78 is 38.4. The van der Waals surface area contributed by atoms with Gasteiger partial charge in [0.15, 0.2) is 0 Å². The van der Waals surface area contributed by atoms with Gasteiger partial charge in [0.2, 0.25) is 0 Å². The zero-order chi connectivity index (χ0) is 13.9. The van der Waals surface area contributed by atoms with Crippen LogP contribution in [0.25, 0.3) is 0 Å². The highest BCUT2D eigenvalue weighted by Gasteiger charge is 2.30. The molecule has 2 nitrogen and oxygen atoms in total. The molecule has 0 saturated heterocycles. The zero-order valence-electron chi connectivity index (χ0n) is 9.71. The van der Waals surface area contributed by atoms with Gasteiger partial charge >= 0.3 is 6.18 Å². The van der Waals surface area contributed by atoms with Gasteiger partial charge in [0.25, 0.3) is 0 Å². The van der Waals surface area contributed by atoms with Crippen molar-refractivity contribution in [2.75, 3.05) is 5.32 Å². The molecule has 2 rings (SSSR count). The molecule has 100 valence electrons. The standard InChI is InChI=1S/C13H10BrF3N2/c14-11-4-3-10(13(15,16)17)6-12(11)19-8-9-2-1-5-18-7-9/h1-7,19H,8H2. The Kier molecular flexibility index (Phi) is 4.09. The fraction of sp³-hybridized carbons (Fsp3) is 0.154. The molecular formula is C13H10BrF3N2. The van der Waals surface area contributed by atoms with Gasteiger partial charge in [-0.25, -0.2) is 0 Å². The lowest BCUT2D eigenvalue weighted by Crippen LogP contribution is -2.07. The lowest BCUT2D eigenvalue weighted by Gasteiger charge is -2.12. The normalized spacial score (nSPS) is 11.4. The van der Waals surface area contributed by atoms with Crippen molar-refractivity contribution in [3.63, 3.8) is 0 Å². The summed E-state index contributed by atoms with van der Waals surface area (Å²) in [5.74, 6) is 0. The smallest absolute Gasteiger partial charge is 0.380 e. The molecule has 19 heavy (non-hydrogen) atoms. The molecule has 1 aromatic carbocycles. The number of nitrogens with zero attached hydrogens (tertiary/aromatic N) is 1. The van der Waals surface area contributed by atoms with Gasteiger partial charge in [-0.1, -0.05) is 6.07 Å². The van der Waals surface area contributed by atoms with Crippen LogP contribution in [0, 0.1) is 0 Å². The van der Waals surface area contributed by atoms with Gasteiger partial charge in [-0.05, 0) is 45.8 Å². The van der Waals surface area contributed by atoms with Gasteiger partial charge in [-0.15, -0.1) is 0 Å². The number of aromatic nitrogens is 1. The van der Waals surface area contributed by atoms with E-state index in [2.05, 4.69) is 26.2 Å². The predicted octanol–water partition coefficient (Wildman–Crippen LogP) is 4.48. The second-order valence-corrected chi connectivity index (χ2v) is 4.76. The average Bonchev–Trinajstić information content (AvgIpc) is 2.37. The monoisotopic (exact) mass is 330 g/mol. The van der Waals surface area contributed by atoms with Crippen LogP contribution in [0.4, 0.5) is 18.9 Å². The fourth-order valence-electron chi connectivity index (χ4n) is 1.54. The number of alkyl halides is 3. The third kappa shape index (κ3) is 3.70. The molecule has 0 amide bonds. The minimum absolute atomic E-state index is 0.402. The summed E-state index contributed by atoms with van der Waals surface area (Å²) in [7, 11) is 0. The maximum atomic E-state index is 12.6. The summed E-state index contributed by atoms with van der Waals surface area (Å²) in [6.45, 7) is 0.410. The van der Waals surface area contributed by atoms with E-state index in [0.29, 0.717) is 16.7 Å². The summed E-state index contributed by atoms with van der Waals surface area (Å²) in [5, 5.41) is 2.95. The van der Waals surface area contributed by atoms with Gasteiger partial charge in [-0.3, -0.25) is 4.98 Å². The van der Waals surface area contributed by atoms with E-state index in [1.165, 1.54) is 6.07 Å². The summed E-state index contributed by atoms with van der Waals surface area (Å²) in [6, 6.07) is 7.13. The third-order valence-electron chi connectivity index (χ3n) is 2.50. The maximum absolute atomic E-state index is 12.6. The first-order valence-corrected chi connectivity index (χ1v) is 6.25. The van der Waals surface area contributed by atoms with Crippen molar-refractivity contribution in [2.24, 2.45) is 0 Å². The molecule has 0 unspecified atom stereocenters. The fourth-order valence-corrected chi connectivity index (χ4v) is 1.92. The third-order valence-corrected chi connectivity index (χ3v) is 3.19. The number of hydrogen-bond acceptors (Lipinski definition) is 2. The quantitative estimate of drug-likeness (QED) is 0.897. The molecule has 0 aliphatic rings. The van der Waals surface area contributed by atoms with Gasteiger partial charge in [0.05, 0.1) is 5.56 Å². The second kappa shape index (κ2) is 5.61. The molecule has 0 bridgehead atoms. The van der Waals surface area contributed by atoms with Gasteiger partial charge in [0.1, 0.15) is 0 Å². The Morgan fingerprint density at radius 1 is 1.21 bits per heavy atom. The van der Waals surface area contributed by atoms with Crippen molar-refractivity contribution in [2.45, 2.75) is 12.7 Å². The minimum Gasteiger partial charge on any atom is -0.380 e. The Bertz CT molecular complexity index is 556. The summed E-state index contributed by atoms with van der Waals surface area (Å²) in [5.41, 5.74) is 0.620. The molecule has 0 spiro atoms. The number of halogens is 4. The van der Waals surface area contributed by atoms with Crippen molar-refractivity contribution in [3.05, 3.63) is 58.3 Å². The molecule has 6 heteroatoms. The Labute approximate surface area is 116 Å². The molecule has 0 atom stereocenters. The molecule has 0 saturated carbocycles. The highest BCUT2D eigenvalue weighted by molar-refractivity contribution is 9.10. The van der Waals surface area contributed by atoms with E-state index in [0.717, 1.165) is 17.7 Å². The van der Waals surface area contributed by atoms with Gasteiger partial charge in [-0.2, -0.15) is 13.2 Å². The number of nitrogens with one attached hydrogen (secondary N) is 1. The van der Waals surface area contributed by atoms with Crippen molar-refractivity contribution in [3.8, 4) is 0 Å². The number of benzene rings is 1. The van der Waals surface area contributed by atoms with Gasteiger partial charge < -0.3 is 5.32 Å². The Morgan fingerprint density at radius 2 is 2.00 bits per heavy atom. The van der Waals surface area contributed by atoms with Crippen molar-refractivity contribution >= 4 is 21.6 Å². The molecule has 1 N–H and O–H groups in total. The molecule has 1 aromatic heterocycles. The molecule has 2 aromatic rings. The van der Waals surface area contributed by atoms with Crippen molar-refractivity contribution in [1.82, 2.24) is 4.98 Å². The van der Waals surface area contributed by atoms with E-state index in [9.17, 15) is 13.2 Å². The molecule has 0 radical (unpaired) electrons. The predicted molar refractivity (Wildman–Crippen MR) is 70.7 cm³/mol. The van der Waals surface area contributed by atoms with Crippen LogP contribution in [-0.4, -0.2) is 4.98 Å². The molecule has 0 aliphatic carbocycles. The number of rotatable bonds is 3. The van der Waals surface area contributed by atoms with Crippen LogP contribution in [0.1, 0.15) is 11.1 Å². The average molecular weight is 331 g/mol. The van der Waals surface area contributed by atoms with Crippen LogP contribution in [0.15, 0.2) is 47.2 Å². The maximum Gasteiger partial charge on any atom is 0.416 e. The molecule has 0 fully saturated rings. The first-order chi connectivity index (χ1) is 8.97. The van der Waals surface area contributed by atoms with E-state index >= 15 is 0 Å². The minimum atomic E-state index is -4.34. The van der Waals surface area contributed by atoms with Crippen molar-refractivity contribution in [1.29, 1.82) is 0 Å². The number of anilines is 1. The van der Waals surface area contributed by atoms with Crippen molar-refractivity contribution < 1.29 is 13.2 Å². The van der Waals surface area contributed by atoms with Crippen LogP contribution in [0.5, 0.6) is 0 Å². The summed E-state index contributed by atoms with van der Waals surface area (Å²) in [4.78, 5) is 3.94. The lowest BCUT2D eigenvalue weighted by atomic mass is 10.2. The largest absolute Gasteiger partial charge is 0.416 e. The summed E-state index contributed by atoms with van der Waals surface area (Å²) >= 11 is 3.23. The van der Waals surface area contributed by atoms with Gasteiger partial charge in [0, 0.05) is 29.1 Å². The van der Waals surface area contributed by atoms with E-state index in [-0.39, 0.29) is 0 Å². The number of hydrogen-bond donors (Lipinski definition) is 1. The molecule has 1 heterocycles.